The first-order valence-electron chi connectivity index (χ1n) is 4.20. The Labute approximate surface area is 72.9 Å². The minimum Gasteiger partial charge on any atom is -0.383 e. The van der Waals surface area contributed by atoms with Crippen LogP contribution in [0.1, 0.15) is 13.8 Å². The monoisotopic (exact) mass is 172 g/mol. The summed E-state index contributed by atoms with van der Waals surface area (Å²) in [5.41, 5.74) is 0. The number of nitrogens with one attached hydrogen (secondary N) is 1. The second-order valence-electron chi connectivity index (χ2n) is 3.16. The van der Waals surface area contributed by atoms with Crippen LogP contribution >= 0.6 is 0 Å². The molecule has 1 fully saturated rings. The van der Waals surface area contributed by atoms with E-state index in [4.69, 9.17) is 4.74 Å². The molecule has 0 aromatic rings. The van der Waals surface area contributed by atoms with E-state index in [2.05, 4.69) is 5.32 Å². The number of carbonyl (C=O) groups excluding carboxylic acids is 1. The molecular weight excluding hydrogens is 156 g/mol. The second-order valence-corrected chi connectivity index (χ2v) is 3.16. The zero-order valence-corrected chi connectivity index (χ0v) is 7.83. The molecule has 0 aromatic heterocycles. The lowest BCUT2D eigenvalue weighted by Crippen LogP contribution is -2.43. The van der Waals surface area contributed by atoms with Crippen molar-refractivity contribution in [3.05, 3.63) is 0 Å². The van der Waals surface area contributed by atoms with Crippen molar-refractivity contribution in [1.29, 1.82) is 0 Å². The molecule has 0 saturated carbocycles. The number of hydrogen-bond donors (Lipinski definition) is 1. The zero-order chi connectivity index (χ0) is 9.14. The molecule has 1 N–H and O–H groups in total. The molecule has 0 bridgehead atoms. The molecule has 0 aromatic carbocycles. The van der Waals surface area contributed by atoms with Gasteiger partial charge in [-0.2, -0.15) is 0 Å². The van der Waals surface area contributed by atoms with Gasteiger partial charge in [0.15, 0.2) is 0 Å². The van der Waals surface area contributed by atoms with Crippen LogP contribution in [0.15, 0.2) is 0 Å². The van der Waals surface area contributed by atoms with Crippen LogP contribution in [0.2, 0.25) is 0 Å². The van der Waals surface area contributed by atoms with E-state index in [1.54, 1.807) is 7.11 Å². The number of amides is 1. The van der Waals surface area contributed by atoms with Crippen molar-refractivity contribution in [3.8, 4) is 0 Å². The zero-order valence-electron chi connectivity index (χ0n) is 7.83. The lowest BCUT2D eigenvalue weighted by Gasteiger charge is -2.27. The van der Waals surface area contributed by atoms with Gasteiger partial charge in [-0.1, -0.05) is 0 Å². The molecule has 0 aliphatic carbocycles. The Morgan fingerprint density at radius 1 is 1.83 bits per heavy atom. The van der Waals surface area contributed by atoms with Crippen molar-refractivity contribution in [2.75, 3.05) is 20.3 Å². The molecule has 0 radical (unpaired) electrons. The van der Waals surface area contributed by atoms with Crippen LogP contribution in [0.5, 0.6) is 0 Å². The summed E-state index contributed by atoms with van der Waals surface area (Å²) in [4.78, 5) is 13.1. The number of carbonyl (C=O) groups is 1. The number of rotatable bonds is 3. The van der Waals surface area contributed by atoms with Crippen LogP contribution in [0.4, 0.5) is 0 Å². The summed E-state index contributed by atoms with van der Waals surface area (Å²) in [7, 11) is 1.65. The third-order valence-electron chi connectivity index (χ3n) is 2.14. The topological polar surface area (TPSA) is 41.6 Å². The maximum absolute atomic E-state index is 11.3. The highest BCUT2D eigenvalue weighted by Gasteiger charge is 2.30. The highest BCUT2D eigenvalue weighted by Crippen LogP contribution is 2.09. The van der Waals surface area contributed by atoms with E-state index in [1.807, 2.05) is 18.7 Å². The fraction of sp³-hybridized carbons (Fsp3) is 0.875. The van der Waals surface area contributed by atoms with E-state index in [0.29, 0.717) is 13.2 Å². The summed E-state index contributed by atoms with van der Waals surface area (Å²) >= 11 is 0. The summed E-state index contributed by atoms with van der Waals surface area (Å²) in [5, 5.41) is 3.08. The summed E-state index contributed by atoms with van der Waals surface area (Å²) < 4.78 is 4.99. The van der Waals surface area contributed by atoms with Gasteiger partial charge in [0.05, 0.1) is 25.4 Å². The Hall–Kier alpha value is -0.610. The van der Waals surface area contributed by atoms with Crippen LogP contribution < -0.4 is 5.32 Å². The molecule has 2 atom stereocenters. The third kappa shape index (κ3) is 1.76. The second kappa shape index (κ2) is 3.87. The van der Waals surface area contributed by atoms with Crippen molar-refractivity contribution in [3.63, 3.8) is 0 Å². The smallest absolute Gasteiger partial charge is 0.238 e. The standard InChI is InChI=1S/C8H16N2O2/c1-6(5-12-3)10-7(2)9-4-8(10)11/h6-7,9H,4-5H2,1-3H3. The molecule has 1 heterocycles. The predicted octanol–water partition coefficient (Wildman–Crippen LogP) is -0.201. The van der Waals surface area contributed by atoms with E-state index in [9.17, 15) is 4.79 Å². The van der Waals surface area contributed by atoms with Crippen LogP contribution in [-0.2, 0) is 9.53 Å². The van der Waals surface area contributed by atoms with Gasteiger partial charge < -0.3 is 9.64 Å². The number of nitrogens with zero attached hydrogens (tertiary/aromatic N) is 1. The van der Waals surface area contributed by atoms with Gasteiger partial charge in [0.2, 0.25) is 5.91 Å². The SMILES string of the molecule is COCC(C)N1C(=O)CNC1C. The maximum Gasteiger partial charge on any atom is 0.238 e. The lowest BCUT2D eigenvalue weighted by atomic mass is 10.3. The normalized spacial score (nSPS) is 26.4. The molecule has 4 nitrogen and oxygen atoms in total. The van der Waals surface area contributed by atoms with Gasteiger partial charge in [0.1, 0.15) is 0 Å². The summed E-state index contributed by atoms with van der Waals surface area (Å²) in [6, 6.07) is 0.160. The Balaban J connectivity index is 2.53. The first-order valence-corrected chi connectivity index (χ1v) is 4.20. The minimum atomic E-state index is 0.141. The number of ether oxygens (including phenoxy) is 1. The predicted molar refractivity (Wildman–Crippen MR) is 45.6 cm³/mol. The van der Waals surface area contributed by atoms with Gasteiger partial charge in [0.25, 0.3) is 0 Å². The highest BCUT2D eigenvalue weighted by atomic mass is 16.5. The van der Waals surface area contributed by atoms with Crippen LogP contribution in [-0.4, -0.2) is 43.3 Å². The molecule has 1 amide bonds. The van der Waals surface area contributed by atoms with Crippen molar-refractivity contribution in [2.45, 2.75) is 26.1 Å². The quantitative estimate of drug-likeness (QED) is 0.641. The Bertz CT molecular complexity index is 172. The first kappa shape index (κ1) is 9.48. The van der Waals surface area contributed by atoms with E-state index >= 15 is 0 Å². The molecule has 0 spiro atoms. The van der Waals surface area contributed by atoms with E-state index in [0.717, 1.165) is 0 Å². The van der Waals surface area contributed by atoms with Gasteiger partial charge >= 0.3 is 0 Å². The molecule has 1 rings (SSSR count). The Morgan fingerprint density at radius 2 is 2.50 bits per heavy atom. The van der Waals surface area contributed by atoms with Crippen LogP contribution in [0, 0.1) is 0 Å². The summed E-state index contributed by atoms with van der Waals surface area (Å²) in [5.74, 6) is 0.159. The van der Waals surface area contributed by atoms with Crippen LogP contribution in [0.3, 0.4) is 0 Å². The van der Waals surface area contributed by atoms with Crippen molar-refractivity contribution in [2.24, 2.45) is 0 Å². The molecule has 1 saturated heterocycles. The molecule has 2 unspecified atom stereocenters. The molecule has 4 heteroatoms. The fourth-order valence-electron chi connectivity index (χ4n) is 1.59. The van der Waals surface area contributed by atoms with Gasteiger partial charge in [0, 0.05) is 7.11 Å². The molecule has 70 valence electrons. The van der Waals surface area contributed by atoms with Crippen molar-refractivity contribution in [1.82, 2.24) is 10.2 Å². The Kier molecular flexibility index (Phi) is 3.05. The van der Waals surface area contributed by atoms with Crippen molar-refractivity contribution >= 4 is 5.91 Å². The van der Waals surface area contributed by atoms with Gasteiger partial charge in [-0.15, -0.1) is 0 Å². The first-order chi connectivity index (χ1) is 5.66. The molecule has 12 heavy (non-hydrogen) atoms. The fourth-order valence-corrected chi connectivity index (χ4v) is 1.59. The van der Waals surface area contributed by atoms with E-state index < -0.39 is 0 Å². The number of methoxy groups -OCH3 is 1. The van der Waals surface area contributed by atoms with Crippen LogP contribution in [0.25, 0.3) is 0 Å². The third-order valence-corrected chi connectivity index (χ3v) is 2.14. The highest BCUT2D eigenvalue weighted by molar-refractivity contribution is 5.80. The van der Waals surface area contributed by atoms with E-state index in [-0.39, 0.29) is 18.1 Å². The molecular formula is C8H16N2O2. The maximum atomic E-state index is 11.3. The summed E-state index contributed by atoms with van der Waals surface area (Å²) in [6.07, 6.45) is 0.141. The molecule has 1 aliphatic rings. The van der Waals surface area contributed by atoms with Gasteiger partial charge in [-0.25, -0.2) is 0 Å². The Morgan fingerprint density at radius 3 is 2.92 bits per heavy atom. The minimum absolute atomic E-state index is 0.141. The average molecular weight is 172 g/mol. The van der Waals surface area contributed by atoms with Gasteiger partial charge in [-0.05, 0) is 13.8 Å². The largest absolute Gasteiger partial charge is 0.383 e. The van der Waals surface area contributed by atoms with Crippen molar-refractivity contribution < 1.29 is 9.53 Å². The van der Waals surface area contributed by atoms with E-state index in [1.165, 1.54) is 0 Å². The van der Waals surface area contributed by atoms with Gasteiger partial charge in [-0.3, -0.25) is 10.1 Å². The summed E-state index contributed by atoms with van der Waals surface area (Å²) in [6.45, 7) is 5.02. The average Bonchev–Trinajstić information content (AvgIpc) is 2.32. The number of hydrogen-bond acceptors (Lipinski definition) is 3. The molecule has 1 aliphatic heterocycles. The lowest BCUT2D eigenvalue weighted by molar-refractivity contribution is -0.130.